The van der Waals surface area contributed by atoms with Gasteiger partial charge in [-0.25, -0.2) is 0 Å². The van der Waals surface area contributed by atoms with Crippen LogP contribution in [-0.2, 0) is 9.59 Å². The molecule has 0 bridgehead atoms. The quantitative estimate of drug-likeness (QED) is 0.674. The summed E-state index contributed by atoms with van der Waals surface area (Å²) in [6, 6.07) is 6.16. The lowest BCUT2D eigenvalue weighted by molar-refractivity contribution is -0.160. The van der Waals surface area contributed by atoms with Gasteiger partial charge in [-0.05, 0) is 49.8 Å². The van der Waals surface area contributed by atoms with Crippen LogP contribution >= 0.6 is 0 Å². The van der Waals surface area contributed by atoms with Crippen LogP contribution in [0.15, 0.2) is 30.4 Å². The molecule has 1 saturated heterocycles. The number of aliphatic carboxylic acids is 1. The number of likely N-dealkylation sites (tertiary alicyclic amines) is 1. The summed E-state index contributed by atoms with van der Waals surface area (Å²) in [5, 5.41) is 9.64. The van der Waals surface area contributed by atoms with Crippen molar-refractivity contribution < 1.29 is 19.4 Å². The van der Waals surface area contributed by atoms with Gasteiger partial charge in [-0.1, -0.05) is 24.3 Å². The molecule has 0 spiro atoms. The Morgan fingerprint density at radius 3 is 2.64 bits per heavy atom. The van der Waals surface area contributed by atoms with Crippen molar-refractivity contribution >= 4 is 11.9 Å². The number of carbonyl (C=O) groups excluding carboxylic acids is 1. The van der Waals surface area contributed by atoms with Crippen LogP contribution in [0, 0.1) is 12.3 Å². The summed E-state index contributed by atoms with van der Waals surface area (Å²) in [6.07, 6.45) is 6.07. The zero-order chi connectivity index (χ0) is 18.0. The topological polar surface area (TPSA) is 66.8 Å². The number of hydrogen-bond acceptors (Lipinski definition) is 3. The first-order valence-corrected chi connectivity index (χ1v) is 8.80. The van der Waals surface area contributed by atoms with Crippen molar-refractivity contribution in [1.29, 1.82) is 0 Å². The Labute approximate surface area is 148 Å². The first-order valence-electron chi connectivity index (χ1n) is 8.80. The first kappa shape index (κ1) is 17.5. The number of methoxy groups -OCH3 is 1. The molecule has 1 aromatic rings. The molecule has 1 amide bonds. The second-order valence-corrected chi connectivity index (χ2v) is 7.09. The number of ether oxygens (including phenoxy) is 1. The van der Waals surface area contributed by atoms with Crippen LogP contribution in [0.25, 0.3) is 0 Å². The van der Waals surface area contributed by atoms with Crippen LogP contribution < -0.4 is 4.74 Å². The number of amides is 1. The molecule has 1 aromatic carbocycles. The number of nitrogens with zero attached hydrogens (tertiary/aromatic N) is 1. The molecule has 5 nitrogen and oxygen atoms in total. The number of carbonyl (C=O) groups is 2. The Morgan fingerprint density at radius 2 is 2.00 bits per heavy atom. The van der Waals surface area contributed by atoms with Gasteiger partial charge in [0.25, 0.3) is 0 Å². The van der Waals surface area contributed by atoms with Crippen molar-refractivity contribution in [3.63, 3.8) is 0 Å². The molecule has 1 heterocycles. The molecule has 1 N–H and O–H groups in total. The van der Waals surface area contributed by atoms with E-state index >= 15 is 0 Å². The molecule has 3 rings (SSSR count). The van der Waals surface area contributed by atoms with E-state index in [9.17, 15) is 14.7 Å². The van der Waals surface area contributed by atoms with Gasteiger partial charge in [0, 0.05) is 19.0 Å². The highest BCUT2D eigenvalue weighted by Crippen LogP contribution is 2.38. The third-order valence-electron chi connectivity index (χ3n) is 5.53. The molecule has 0 radical (unpaired) electrons. The van der Waals surface area contributed by atoms with Crippen molar-refractivity contribution in [2.45, 2.75) is 38.5 Å². The fourth-order valence-electron chi connectivity index (χ4n) is 3.92. The maximum absolute atomic E-state index is 13.0. The molecule has 1 unspecified atom stereocenters. The van der Waals surface area contributed by atoms with Gasteiger partial charge in [0.1, 0.15) is 5.75 Å². The normalized spacial score (nSPS) is 22.0. The average Bonchev–Trinajstić information content (AvgIpc) is 3.13. The van der Waals surface area contributed by atoms with E-state index in [1.807, 2.05) is 19.1 Å². The molecule has 1 aliphatic heterocycles. The molecule has 1 atom stereocenters. The van der Waals surface area contributed by atoms with E-state index < -0.39 is 11.4 Å². The van der Waals surface area contributed by atoms with Gasteiger partial charge < -0.3 is 14.7 Å². The Kier molecular flexibility index (Phi) is 4.84. The monoisotopic (exact) mass is 343 g/mol. The van der Waals surface area contributed by atoms with E-state index in [-0.39, 0.29) is 11.8 Å². The summed E-state index contributed by atoms with van der Waals surface area (Å²) in [5.74, 6) is -0.189. The summed E-state index contributed by atoms with van der Waals surface area (Å²) in [6.45, 7) is 3.20. The third kappa shape index (κ3) is 3.15. The van der Waals surface area contributed by atoms with E-state index in [1.54, 1.807) is 24.2 Å². The predicted octanol–water partition coefficient (Wildman–Crippen LogP) is 3.13. The van der Waals surface area contributed by atoms with Gasteiger partial charge in [0.2, 0.25) is 5.91 Å². The lowest BCUT2D eigenvalue weighted by atomic mass is 9.82. The van der Waals surface area contributed by atoms with Crippen LogP contribution in [0.5, 0.6) is 5.75 Å². The molecule has 1 aliphatic carbocycles. The lowest BCUT2D eigenvalue weighted by Gasteiger charge is -2.37. The maximum atomic E-state index is 13.0. The molecule has 134 valence electrons. The number of carboxylic acid groups (broad SMARTS) is 1. The summed E-state index contributed by atoms with van der Waals surface area (Å²) in [5.41, 5.74) is 0.929. The molecule has 1 fully saturated rings. The van der Waals surface area contributed by atoms with Gasteiger partial charge in [-0.3, -0.25) is 9.59 Å². The minimum atomic E-state index is -1.30. The van der Waals surface area contributed by atoms with Crippen LogP contribution in [0.2, 0.25) is 0 Å². The fraction of sp³-hybridized carbons (Fsp3) is 0.500. The Bertz CT molecular complexity index is 702. The second-order valence-electron chi connectivity index (χ2n) is 7.09. The highest BCUT2D eigenvalue weighted by Gasteiger charge is 2.49. The number of aryl methyl sites for hydroxylation is 1. The molecule has 0 saturated carbocycles. The Balaban J connectivity index is 1.79. The highest BCUT2D eigenvalue weighted by atomic mass is 16.5. The van der Waals surface area contributed by atoms with Crippen molar-refractivity contribution in [2.75, 3.05) is 20.2 Å². The number of benzene rings is 1. The maximum Gasteiger partial charge on any atom is 0.319 e. The molecule has 0 aromatic heterocycles. The number of carboxylic acids is 1. The molecule has 5 heteroatoms. The smallest absolute Gasteiger partial charge is 0.319 e. The standard InChI is InChI=1S/C20H25NO4/c1-14-7-8-15(12-17(14)25-2)16-6-5-11-21(13-16)18(22)20(19(23)24)9-3-4-10-20/h3-4,7-8,12,16H,5-6,9-11,13H2,1-2H3,(H,23,24). The van der Waals surface area contributed by atoms with E-state index in [0.717, 1.165) is 29.7 Å². The van der Waals surface area contributed by atoms with Crippen LogP contribution in [-0.4, -0.2) is 42.1 Å². The van der Waals surface area contributed by atoms with Crippen molar-refractivity contribution in [2.24, 2.45) is 5.41 Å². The van der Waals surface area contributed by atoms with Crippen LogP contribution in [0.1, 0.15) is 42.7 Å². The van der Waals surface area contributed by atoms with Crippen LogP contribution in [0.3, 0.4) is 0 Å². The number of hydrogen-bond donors (Lipinski definition) is 1. The van der Waals surface area contributed by atoms with Gasteiger partial charge >= 0.3 is 5.97 Å². The number of allylic oxidation sites excluding steroid dienone is 2. The van der Waals surface area contributed by atoms with Crippen molar-refractivity contribution in [1.82, 2.24) is 4.90 Å². The largest absolute Gasteiger partial charge is 0.496 e. The minimum absolute atomic E-state index is 0.215. The Morgan fingerprint density at radius 1 is 1.28 bits per heavy atom. The summed E-state index contributed by atoms with van der Waals surface area (Å²) >= 11 is 0. The zero-order valence-corrected chi connectivity index (χ0v) is 14.8. The fourth-order valence-corrected chi connectivity index (χ4v) is 3.92. The number of rotatable bonds is 4. The molecular formula is C20H25NO4. The van der Waals surface area contributed by atoms with E-state index in [1.165, 1.54) is 0 Å². The third-order valence-corrected chi connectivity index (χ3v) is 5.53. The highest BCUT2D eigenvalue weighted by molar-refractivity contribution is 6.02. The first-order chi connectivity index (χ1) is 12.0. The van der Waals surface area contributed by atoms with Gasteiger partial charge in [-0.2, -0.15) is 0 Å². The van der Waals surface area contributed by atoms with Gasteiger partial charge in [0.15, 0.2) is 5.41 Å². The summed E-state index contributed by atoms with van der Waals surface area (Å²) in [7, 11) is 1.66. The molecule has 25 heavy (non-hydrogen) atoms. The van der Waals surface area contributed by atoms with Crippen molar-refractivity contribution in [3.05, 3.63) is 41.5 Å². The Hall–Kier alpha value is -2.30. The predicted molar refractivity (Wildman–Crippen MR) is 94.7 cm³/mol. The van der Waals surface area contributed by atoms with E-state index in [4.69, 9.17) is 4.74 Å². The van der Waals surface area contributed by atoms with Crippen LogP contribution in [0.4, 0.5) is 0 Å². The molecule has 2 aliphatic rings. The average molecular weight is 343 g/mol. The van der Waals surface area contributed by atoms with Gasteiger partial charge in [-0.15, -0.1) is 0 Å². The van der Waals surface area contributed by atoms with Crippen molar-refractivity contribution in [3.8, 4) is 5.75 Å². The van der Waals surface area contributed by atoms with E-state index in [0.29, 0.717) is 25.9 Å². The number of piperidine rings is 1. The van der Waals surface area contributed by atoms with Gasteiger partial charge in [0.05, 0.1) is 7.11 Å². The SMILES string of the molecule is COc1cc(C2CCCN(C(=O)C3(C(=O)O)CC=CC3)C2)ccc1C. The summed E-state index contributed by atoms with van der Waals surface area (Å²) in [4.78, 5) is 26.5. The van der Waals surface area contributed by atoms with E-state index in [2.05, 4.69) is 6.07 Å². The second kappa shape index (κ2) is 6.90. The zero-order valence-electron chi connectivity index (χ0n) is 14.8. The molecular weight excluding hydrogens is 318 g/mol. The lowest BCUT2D eigenvalue weighted by Crippen LogP contribution is -2.50. The minimum Gasteiger partial charge on any atom is -0.496 e. The summed E-state index contributed by atoms with van der Waals surface area (Å²) < 4.78 is 5.41.